The van der Waals surface area contributed by atoms with Crippen molar-refractivity contribution >= 4 is 5.91 Å². The molecule has 27 heavy (non-hydrogen) atoms. The Bertz CT molecular complexity index is 787. The normalized spacial score (nSPS) is 22.1. The molecule has 3 heteroatoms. The second-order valence-electron chi connectivity index (χ2n) is 9.45. The van der Waals surface area contributed by atoms with Gasteiger partial charge in [-0.2, -0.15) is 0 Å². The summed E-state index contributed by atoms with van der Waals surface area (Å²) < 4.78 is 0. The maximum Gasteiger partial charge on any atom is 0.230 e. The predicted octanol–water partition coefficient (Wildman–Crippen LogP) is 4.89. The van der Waals surface area contributed by atoms with Crippen LogP contribution in [0.3, 0.4) is 0 Å². The van der Waals surface area contributed by atoms with Gasteiger partial charge in [0.15, 0.2) is 0 Å². The van der Waals surface area contributed by atoms with Crippen LogP contribution in [0.4, 0.5) is 0 Å². The van der Waals surface area contributed by atoms with Gasteiger partial charge in [0.05, 0.1) is 0 Å². The Hall–Kier alpha value is -2.13. The van der Waals surface area contributed by atoms with Gasteiger partial charge in [0.1, 0.15) is 6.23 Å². The van der Waals surface area contributed by atoms with Gasteiger partial charge in [0.2, 0.25) is 5.91 Å². The first kappa shape index (κ1) is 19.6. The van der Waals surface area contributed by atoms with Crippen LogP contribution in [0.25, 0.3) is 11.1 Å². The van der Waals surface area contributed by atoms with Crippen molar-refractivity contribution in [3.63, 3.8) is 0 Å². The van der Waals surface area contributed by atoms with Crippen molar-refractivity contribution in [1.82, 2.24) is 4.90 Å². The van der Waals surface area contributed by atoms with Crippen molar-refractivity contribution in [2.45, 2.75) is 59.7 Å². The molecule has 1 amide bonds. The highest BCUT2D eigenvalue weighted by atomic mass is 16.3. The quantitative estimate of drug-likeness (QED) is 0.841. The molecule has 2 aromatic rings. The molecule has 1 aliphatic heterocycles. The summed E-state index contributed by atoms with van der Waals surface area (Å²) in [5, 5.41) is 10.8. The first-order valence-corrected chi connectivity index (χ1v) is 9.75. The molecule has 1 aliphatic rings. The van der Waals surface area contributed by atoms with E-state index in [1.807, 2.05) is 52.8 Å². The van der Waals surface area contributed by atoms with Crippen molar-refractivity contribution in [1.29, 1.82) is 0 Å². The topological polar surface area (TPSA) is 40.5 Å². The molecule has 1 saturated heterocycles. The Balaban J connectivity index is 1.81. The Labute approximate surface area is 163 Å². The number of benzene rings is 2. The van der Waals surface area contributed by atoms with Crippen molar-refractivity contribution in [3.05, 3.63) is 60.2 Å². The maximum absolute atomic E-state index is 13.0. The van der Waals surface area contributed by atoms with E-state index in [0.29, 0.717) is 0 Å². The Kier molecular flexibility index (Phi) is 5.18. The fourth-order valence-corrected chi connectivity index (χ4v) is 3.96. The molecule has 3 rings (SSSR count). The summed E-state index contributed by atoms with van der Waals surface area (Å²) >= 11 is 0. The zero-order chi connectivity index (χ0) is 19.8. The molecule has 2 atom stereocenters. The molecule has 0 radical (unpaired) electrons. The van der Waals surface area contributed by atoms with Crippen LogP contribution in [0, 0.1) is 10.8 Å². The molecule has 0 bridgehead atoms. The largest absolute Gasteiger partial charge is 0.373 e. The third-order valence-corrected chi connectivity index (χ3v) is 5.53. The van der Waals surface area contributed by atoms with Gasteiger partial charge in [-0.3, -0.25) is 4.79 Å². The van der Waals surface area contributed by atoms with E-state index in [4.69, 9.17) is 0 Å². The first-order valence-electron chi connectivity index (χ1n) is 9.75. The molecule has 0 spiro atoms. The van der Waals surface area contributed by atoms with E-state index in [1.54, 1.807) is 4.90 Å². The van der Waals surface area contributed by atoms with Crippen molar-refractivity contribution in [2.75, 3.05) is 0 Å². The van der Waals surface area contributed by atoms with Crippen LogP contribution in [-0.4, -0.2) is 28.2 Å². The number of rotatable bonds is 3. The number of carbonyl (C=O) groups is 1. The van der Waals surface area contributed by atoms with Gasteiger partial charge in [0.25, 0.3) is 0 Å². The molecule has 1 fully saturated rings. The summed E-state index contributed by atoms with van der Waals surface area (Å²) in [6, 6.07) is 18.9. The van der Waals surface area contributed by atoms with E-state index in [1.165, 1.54) is 16.7 Å². The maximum atomic E-state index is 13.0. The SMILES string of the molecule is CC(C)(C)C(=O)N1C(O)C(C)(C)C[C@H]1Cc1ccc(-c2ccccc2)cc1. The lowest BCUT2D eigenvalue weighted by Crippen LogP contribution is -2.49. The third kappa shape index (κ3) is 4.08. The number of carbonyl (C=O) groups excluding carboxylic acids is 1. The first-order chi connectivity index (χ1) is 12.6. The highest BCUT2D eigenvalue weighted by molar-refractivity contribution is 5.82. The number of hydrogen-bond acceptors (Lipinski definition) is 2. The lowest BCUT2D eigenvalue weighted by molar-refractivity contribution is -0.153. The minimum atomic E-state index is -0.738. The smallest absolute Gasteiger partial charge is 0.230 e. The number of likely N-dealkylation sites (tertiary alicyclic amines) is 1. The van der Waals surface area contributed by atoms with Crippen LogP contribution < -0.4 is 0 Å². The molecule has 0 saturated carbocycles. The van der Waals surface area contributed by atoms with E-state index < -0.39 is 11.6 Å². The van der Waals surface area contributed by atoms with E-state index in [-0.39, 0.29) is 17.4 Å². The number of amides is 1. The van der Waals surface area contributed by atoms with E-state index in [0.717, 1.165) is 12.8 Å². The zero-order valence-electron chi connectivity index (χ0n) is 17.1. The van der Waals surface area contributed by atoms with Gasteiger partial charge >= 0.3 is 0 Å². The van der Waals surface area contributed by atoms with Crippen LogP contribution in [-0.2, 0) is 11.2 Å². The Morgan fingerprint density at radius 3 is 2.15 bits per heavy atom. The Morgan fingerprint density at radius 1 is 1.04 bits per heavy atom. The van der Waals surface area contributed by atoms with Gasteiger partial charge in [-0.05, 0) is 29.5 Å². The molecule has 3 nitrogen and oxygen atoms in total. The molecular weight excluding hydrogens is 334 g/mol. The highest BCUT2D eigenvalue weighted by Crippen LogP contribution is 2.42. The predicted molar refractivity (Wildman–Crippen MR) is 110 cm³/mol. The summed E-state index contributed by atoms with van der Waals surface area (Å²) in [5.41, 5.74) is 2.78. The fourth-order valence-electron chi connectivity index (χ4n) is 3.96. The van der Waals surface area contributed by atoms with Gasteiger partial charge in [-0.15, -0.1) is 0 Å². The second kappa shape index (κ2) is 7.12. The number of aliphatic hydroxyl groups is 1. The second-order valence-corrected chi connectivity index (χ2v) is 9.45. The average Bonchev–Trinajstić information content (AvgIpc) is 2.83. The fraction of sp³-hybridized carbons (Fsp3) is 0.458. The average molecular weight is 366 g/mol. The van der Waals surface area contributed by atoms with E-state index >= 15 is 0 Å². The number of nitrogens with zero attached hydrogens (tertiary/aromatic N) is 1. The summed E-state index contributed by atoms with van der Waals surface area (Å²) in [4.78, 5) is 14.7. The van der Waals surface area contributed by atoms with Crippen molar-refractivity contribution in [2.24, 2.45) is 10.8 Å². The van der Waals surface area contributed by atoms with E-state index in [2.05, 4.69) is 36.4 Å². The number of hydrogen-bond donors (Lipinski definition) is 1. The molecule has 1 N–H and O–H groups in total. The van der Waals surface area contributed by atoms with Gasteiger partial charge in [0, 0.05) is 16.9 Å². The van der Waals surface area contributed by atoms with Crippen molar-refractivity contribution < 1.29 is 9.90 Å². The number of aliphatic hydroxyl groups excluding tert-OH is 1. The van der Waals surface area contributed by atoms with Gasteiger partial charge in [-0.1, -0.05) is 89.2 Å². The minimum Gasteiger partial charge on any atom is -0.373 e. The minimum absolute atomic E-state index is 0.0179. The monoisotopic (exact) mass is 365 g/mol. The summed E-state index contributed by atoms with van der Waals surface area (Å²) in [6.07, 6.45) is 0.825. The third-order valence-electron chi connectivity index (χ3n) is 5.53. The molecule has 2 aromatic carbocycles. The summed E-state index contributed by atoms with van der Waals surface area (Å²) in [6.45, 7) is 9.83. The van der Waals surface area contributed by atoms with Crippen molar-refractivity contribution in [3.8, 4) is 11.1 Å². The summed E-state index contributed by atoms with van der Waals surface area (Å²) in [5.74, 6) is 0.0199. The van der Waals surface area contributed by atoms with Gasteiger partial charge < -0.3 is 10.0 Å². The lowest BCUT2D eigenvalue weighted by Gasteiger charge is -2.35. The molecule has 1 unspecified atom stereocenters. The van der Waals surface area contributed by atoms with Crippen LogP contribution in [0.1, 0.15) is 46.6 Å². The molecule has 0 aromatic heterocycles. The zero-order valence-corrected chi connectivity index (χ0v) is 17.1. The molecular formula is C24H31NO2. The highest BCUT2D eigenvalue weighted by Gasteiger charge is 2.49. The van der Waals surface area contributed by atoms with Gasteiger partial charge in [-0.25, -0.2) is 0 Å². The Morgan fingerprint density at radius 2 is 1.59 bits per heavy atom. The van der Waals surface area contributed by atoms with Crippen LogP contribution >= 0.6 is 0 Å². The standard InChI is InChI=1S/C24H31NO2/c1-23(2,3)21(26)25-20(16-24(4,5)22(25)27)15-17-11-13-19(14-12-17)18-9-7-6-8-10-18/h6-14,20,22,27H,15-16H2,1-5H3/t20-,22?/m1/s1. The van der Waals surface area contributed by atoms with Crippen LogP contribution in [0.2, 0.25) is 0 Å². The molecule has 1 heterocycles. The lowest BCUT2D eigenvalue weighted by atomic mass is 9.87. The summed E-state index contributed by atoms with van der Waals surface area (Å²) in [7, 11) is 0. The van der Waals surface area contributed by atoms with Crippen LogP contribution in [0.5, 0.6) is 0 Å². The van der Waals surface area contributed by atoms with E-state index in [9.17, 15) is 9.90 Å². The van der Waals surface area contributed by atoms with Crippen LogP contribution in [0.15, 0.2) is 54.6 Å². The molecule has 0 aliphatic carbocycles. The molecule has 144 valence electrons.